The smallest absolute Gasteiger partial charge is 0.320 e. The van der Waals surface area contributed by atoms with Crippen molar-refractivity contribution >= 4 is 29.5 Å². The lowest BCUT2D eigenvalue weighted by atomic mass is 9.96. The van der Waals surface area contributed by atoms with Gasteiger partial charge < -0.3 is 15.7 Å². The topological polar surface area (TPSA) is 147 Å². The first kappa shape index (κ1) is 18.7. The van der Waals surface area contributed by atoms with Crippen molar-refractivity contribution in [3.05, 3.63) is 34.9 Å². The van der Waals surface area contributed by atoms with E-state index in [0.29, 0.717) is 16.7 Å². The van der Waals surface area contributed by atoms with Gasteiger partial charge in [-0.25, -0.2) is 0 Å². The highest BCUT2D eigenvalue weighted by Gasteiger charge is 2.40. The van der Waals surface area contributed by atoms with Crippen molar-refractivity contribution in [2.24, 2.45) is 5.73 Å². The summed E-state index contributed by atoms with van der Waals surface area (Å²) >= 11 is 0. The lowest BCUT2D eigenvalue weighted by Crippen LogP contribution is -2.52. The summed E-state index contributed by atoms with van der Waals surface area (Å²) in [6, 6.07) is 2.85. The lowest BCUT2D eigenvalue weighted by Gasteiger charge is -2.29. The minimum Gasteiger partial charge on any atom is -0.480 e. The lowest BCUT2D eigenvalue weighted by molar-refractivity contribution is -0.139. The monoisotopic (exact) mass is 373 g/mol. The molecule has 0 radical (unpaired) electrons. The van der Waals surface area contributed by atoms with E-state index < -0.39 is 24.0 Å². The number of carboxylic acid groups (broad SMARTS) is 1. The number of Topliss-reactive ketones (excluding diaryl/α,β-unsaturated/α-hetero) is 1. The summed E-state index contributed by atoms with van der Waals surface area (Å²) in [6.45, 7) is 0.0906. The van der Waals surface area contributed by atoms with E-state index >= 15 is 0 Å². The summed E-state index contributed by atoms with van der Waals surface area (Å²) in [4.78, 5) is 60.8. The highest BCUT2D eigenvalue weighted by molar-refractivity contribution is 6.08. The SMILES string of the molecule is NC(CCC(=O)c1cccc2c1CN(C1CCC(=O)NC1=O)C2=O)C(=O)O. The minimum atomic E-state index is -1.18. The van der Waals surface area contributed by atoms with Gasteiger partial charge in [-0.1, -0.05) is 12.1 Å². The van der Waals surface area contributed by atoms with Gasteiger partial charge in [-0.05, 0) is 24.5 Å². The largest absolute Gasteiger partial charge is 0.480 e. The predicted molar refractivity (Wildman–Crippen MR) is 91.7 cm³/mol. The molecule has 2 aliphatic heterocycles. The van der Waals surface area contributed by atoms with Crippen molar-refractivity contribution in [2.75, 3.05) is 0 Å². The third kappa shape index (κ3) is 3.59. The highest BCUT2D eigenvalue weighted by Crippen LogP contribution is 2.30. The van der Waals surface area contributed by atoms with E-state index in [1.807, 2.05) is 0 Å². The molecule has 9 heteroatoms. The van der Waals surface area contributed by atoms with E-state index in [9.17, 15) is 24.0 Å². The third-order valence-electron chi connectivity index (χ3n) is 4.88. The molecule has 3 amide bonds. The Kier molecular flexibility index (Phi) is 5.04. The Hall–Kier alpha value is -3.07. The van der Waals surface area contributed by atoms with Crippen molar-refractivity contribution in [2.45, 2.75) is 44.3 Å². The number of nitrogens with zero attached hydrogens (tertiary/aromatic N) is 1. The van der Waals surface area contributed by atoms with Crippen LogP contribution in [0.5, 0.6) is 0 Å². The summed E-state index contributed by atoms with van der Waals surface area (Å²) < 4.78 is 0. The van der Waals surface area contributed by atoms with Crippen LogP contribution in [0.3, 0.4) is 0 Å². The van der Waals surface area contributed by atoms with E-state index in [2.05, 4.69) is 5.32 Å². The van der Waals surface area contributed by atoms with E-state index in [-0.39, 0.29) is 49.8 Å². The summed E-state index contributed by atoms with van der Waals surface area (Å²) in [5.74, 6) is -2.74. The molecule has 2 aliphatic rings. The second kappa shape index (κ2) is 7.28. The van der Waals surface area contributed by atoms with Crippen molar-refractivity contribution in [1.29, 1.82) is 0 Å². The normalized spacial score (nSPS) is 20.3. The first-order chi connectivity index (χ1) is 12.8. The highest BCUT2D eigenvalue weighted by atomic mass is 16.4. The Morgan fingerprint density at radius 2 is 2.04 bits per heavy atom. The number of imide groups is 1. The number of nitrogens with two attached hydrogens (primary N) is 1. The van der Waals surface area contributed by atoms with E-state index in [0.717, 1.165) is 0 Å². The van der Waals surface area contributed by atoms with Gasteiger partial charge in [0.15, 0.2) is 5.78 Å². The second-order valence-electron chi connectivity index (χ2n) is 6.64. The molecule has 4 N–H and O–H groups in total. The summed E-state index contributed by atoms with van der Waals surface area (Å²) in [5, 5.41) is 11.1. The van der Waals surface area contributed by atoms with Crippen LogP contribution in [0, 0.1) is 0 Å². The molecule has 9 nitrogen and oxygen atoms in total. The Bertz CT molecular complexity index is 849. The molecule has 27 heavy (non-hydrogen) atoms. The van der Waals surface area contributed by atoms with E-state index in [4.69, 9.17) is 10.8 Å². The summed E-state index contributed by atoms with van der Waals surface area (Å²) in [6.07, 6.45) is 0.315. The number of aliphatic carboxylic acids is 1. The fraction of sp³-hybridized carbons (Fsp3) is 0.389. The van der Waals surface area contributed by atoms with Crippen LogP contribution in [0.1, 0.15) is 52.0 Å². The third-order valence-corrected chi connectivity index (χ3v) is 4.88. The summed E-state index contributed by atoms with van der Waals surface area (Å²) in [5.41, 5.74) is 6.62. The Morgan fingerprint density at radius 3 is 2.70 bits per heavy atom. The van der Waals surface area contributed by atoms with E-state index in [1.165, 1.54) is 4.90 Å². The first-order valence-corrected chi connectivity index (χ1v) is 8.57. The molecule has 2 heterocycles. The van der Waals surface area contributed by atoms with Crippen LogP contribution in [-0.2, 0) is 20.9 Å². The molecule has 1 aromatic rings. The van der Waals surface area contributed by atoms with Gasteiger partial charge in [0.25, 0.3) is 5.91 Å². The molecule has 2 unspecified atom stereocenters. The molecule has 0 bridgehead atoms. The van der Waals surface area contributed by atoms with Crippen LogP contribution in [0.2, 0.25) is 0 Å². The molecule has 3 rings (SSSR count). The van der Waals surface area contributed by atoms with Gasteiger partial charge in [0.1, 0.15) is 12.1 Å². The minimum absolute atomic E-state index is 0.0113. The Labute approximate surface area is 154 Å². The molecular formula is C18H19N3O6. The molecule has 0 aliphatic carbocycles. The van der Waals surface area contributed by atoms with Crippen molar-refractivity contribution in [3.63, 3.8) is 0 Å². The number of ketones is 1. The van der Waals surface area contributed by atoms with Crippen molar-refractivity contribution in [1.82, 2.24) is 10.2 Å². The fourth-order valence-corrected chi connectivity index (χ4v) is 3.39. The molecule has 1 fully saturated rings. The fourth-order valence-electron chi connectivity index (χ4n) is 3.39. The van der Waals surface area contributed by atoms with Crippen molar-refractivity contribution in [3.8, 4) is 0 Å². The van der Waals surface area contributed by atoms with Crippen LogP contribution in [0.15, 0.2) is 18.2 Å². The molecule has 142 valence electrons. The predicted octanol–water partition coefficient (Wildman–Crippen LogP) is -0.178. The number of hydrogen-bond acceptors (Lipinski definition) is 6. The van der Waals surface area contributed by atoms with Gasteiger partial charge in [0.05, 0.1) is 0 Å². The molecular weight excluding hydrogens is 354 g/mol. The van der Waals surface area contributed by atoms with Gasteiger partial charge in [0.2, 0.25) is 11.8 Å². The molecule has 0 aromatic heterocycles. The van der Waals surface area contributed by atoms with Gasteiger partial charge in [0, 0.05) is 30.5 Å². The van der Waals surface area contributed by atoms with Gasteiger partial charge >= 0.3 is 5.97 Å². The maximum atomic E-state index is 12.7. The second-order valence-corrected chi connectivity index (χ2v) is 6.64. The van der Waals surface area contributed by atoms with Crippen molar-refractivity contribution < 1.29 is 29.1 Å². The molecule has 1 aromatic carbocycles. The summed E-state index contributed by atoms with van der Waals surface area (Å²) in [7, 11) is 0. The number of nitrogens with one attached hydrogen (secondary N) is 1. The number of rotatable bonds is 6. The quantitative estimate of drug-likeness (QED) is 0.463. The molecule has 0 spiro atoms. The number of fused-ring (bicyclic) bond motifs is 1. The van der Waals surface area contributed by atoms with Gasteiger partial charge in [-0.3, -0.25) is 29.3 Å². The zero-order valence-electron chi connectivity index (χ0n) is 14.4. The number of carboxylic acids is 1. The first-order valence-electron chi connectivity index (χ1n) is 8.57. The van der Waals surface area contributed by atoms with Gasteiger partial charge in [-0.2, -0.15) is 0 Å². The number of hydrogen-bond donors (Lipinski definition) is 3. The van der Waals surface area contributed by atoms with Crippen LogP contribution < -0.4 is 11.1 Å². The Balaban J connectivity index is 1.79. The Morgan fingerprint density at radius 1 is 1.30 bits per heavy atom. The number of piperidine rings is 1. The molecule has 0 saturated carbocycles. The molecule has 1 saturated heterocycles. The maximum Gasteiger partial charge on any atom is 0.320 e. The zero-order chi connectivity index (χ0) is 19.7. The number of benzene rings is 1. The standard InChI is InChI=1S/C18H19N3O6/c19-12(18(26)27)4-6-14(22)9-2-1-3-10-11(9)8-21(17(10)25)13-5-7-15(23)20-16(13)24/h1-3,12-13H,4-8,19H2,(H,26,27)(H,20,23,24). The average Bonchev–Trinajstić information content (AvgIpc) is 2.96. The van der Waals surface area contributed by atoms with Crippen LogP contribution in [-0.4, -0.2) is 51.6 Å². The number of carbonyl (C=O) groups excluding carboxylic acids is 4. The van der Waals surface area contributed by atoms with Crippen LogP contribution >= 0.6 is 0 Å². The zero-order valence-corrected chi connectivity index (χ0v) is 14.4. The number of carbonyl (C=O) groups is 5. The van der Waals surface area contributed by atoms with Gasteiger partial charge in [-0.15, -0.1) is 0 Å². The van der Waals surface area contributed by atoms with Crippen LogP contribution in [0.25, 0.3) is 0 Å². The van der Waals surface area contributed by atoms with E-state index in [1.54, 1.807) is 18.2 Å². The average molecular weight is 373 g/mol. The number of amides is 3. The van der Waals surface area contributed by atoms with Crippen LogP contribution in [0.4, 0.5) is 0 Å². The maximum absolute atomic E-state index is 12.7. The molecule has 2 atom stereocenters.